The highest BCUT2D eigenvalue weighted by Gasteiger charge is 2.19. The summed E-state index contributed by atoms with van der Waals surface area (Å²) in [5, 5.41) is 0. The summed E-state index contributed by atoms with van der Waals surface area (Å²) in [6, 6.07) is 0. The van der Waals surface area contributed by atoms with E-state index < -0.39 is 6.10 Å². The Bertz CT molecular complexity index is 1230. The third-order valence-corrected chi connectivity index (χ3v) is 13.9. The number of hydrogen-bond acceptors (Lipinski definition) is 6. The topological polar surface area (TPSA) is 78.9 Å². The molecule has 0 aliphatic carbocycles. The van der Waals surface area contributed by atoms with Crippen molar-refractivity contribution in [2.45, 2.75) is 335 Å². The molecular weight excluding hydrogens is 877 g/mol. The first-order valence-electron chi connectivity index (χ1n) is 31.2. The van der Waals surface area contributed by atoms with E-state index in [4.69, 9.17) is 14.2 Å². The molecule has 1 atom stereocenters. The van der Waals surface area contributed by atoms with Crippen molar-refractivity contribution in [2.24, 2.45) is 0 Å². The highest BCUT2D eigenvalue weighted by atomic mass is 16.6. The number of esters is 3. The summed E-state index contributed by atoms with van der Waals surface area (Å²) in [6.07, 6.45) is 73.9. The van der Waals surface area contributed by atoms with Crippen LogP contribution in [0.5, 0.6) is 0 Å². The summed E-state index contributed by atoms with van der Waals surface area (Å²) < 4.78 is 16.9. The van der Waals surface area contributed by atoms with Gasteiger partial charge in [0.1, 0.15) is 13.2 Å². The molecule has 0 amide bonds. The van der Waals surface area contributed by atoms with Crippen molar-refractivity contribution in [3.63, 3.8) is 0 Å². The number of carbonyl (C=O) groups is 3. The van der Waals surface area contributed by atoms with Crippen molar-refractivity contribution in [3.05, 3.63) is 48.6 Å². The Morgan fingerprint density at radius 1 is 0.282 bits per heavy atom. The Hall–Kier alpha value is -2.63. The third kappa shape index (κ3) is 58.1. The molecule has 0 bridgehead atoms. The van der Waals surface area contributed by atoms with Gasteiger partial charge < -0.3 is 14.2 Å². The average molecular weight is 996 g/mol. The zero-order valence-electron chi connectivity index (χ0n) is 47.5. The second-order valence-corrected chi connectivity index (χ2v) is 21.0. The molecule has 0 aromatic carbocycles. The number of unbranched alkanes of at least 4 members (excludes halogenated alkanes) is 40. The molecule has 6 heteroatoms. The number of ether oxygens (including phenoxy) is 3. The van der Waals surface area contributed by atoms with E-state index in [0.717, 1.165) is 77.0 Å². The molecule has 0 saturated carbocycles. The SMILES string of the molecule is CCCCC/C=C\C=C/CCCCCCCCCCCCC(=O)OCC(COC(=O)CCCCCCCCCCCCCCCCCC)OC(=O)CCCCCCC/C=C\C=C/CCCCCCCCC. The van der Waals surface area contributed by atoms with Crippen LogP contribution in [0.1, 0.15) is 329 Å². The predicted octanol–water partition coefficient (Wildman–Crippen LogP) is 21.0. The molecule has 0 fully saturated rings. The van der Waals surface area contributed by atoms with Crippen molar-refractivity contribution < 1.29 is 28.6 Å². The van der Waals surface area contributed by atoms with Crippen molar-refractivity contribution >= 4 is 17.9 Å². The molecular formula is C65H118O6. The van der Waals surface area contributed by atoms with E-state index >= 15 is 0 Å². The lowest BCUT2D eigenvalue weighted by Crippen LogP contribution is -2.30. The van der Waals surface area contributed by atoms with Gasteiger partial charge in [-0.25, -0.2) is 0 Å². The van der Waals surface area contributed by atoms with Crippen LogP contribution in [0.2, 0.25) is 0 Å². The third-order valence-electron chi connectivity index (χ3n) is 13.9. The molecule has 0 aromatic rings. The normalized spacial score (nSPS) is 12.3. The first-order chi connectivity index (χ1) is 35.0. The van der Waals surface area contributed by atoms with Crippen molar-refractivity contribution in [1.29, 1.82) is 0 Å². The van der Waals surface area contributed by atoms with Crippen LogP contribution < -0.4 is 0 Å². The summed E-state index contributed by atoms with van der Waals surface area (Å²) >= 11 is 0. The maximum Gasteiger partial charge on any atom is 0.306 e. The van der Waals surface area contributed by atoms with Crippen LogP contribution in [-0.2, 0) is 28.6 Å². The molecule has 414 valence electrons. The van der Waals surface area contributed by atoms with E-state index in [2.05, 4.69) is 69.4 Å². The van der Waals surface area contributed by atoms with E-state index in [0.29, 0.717) is 19.3 Å². The minimum atomic E-state index is -0.781. The summed E-state index contributed by atoms with van der Waals surface area (Å²) in [7, 11) is 0. The van der Waals surface area contributed by atoms with Crippen molar-refractivity contribution in [2.75, 3.05) is 13.2 Å². The van der Waals surface area contributed by atoms with Gasteiger partial charge in [-0.2, -0.15) is 0 Å². The molecule has 0 aromatic heterocycles. The lowest BCUT2D eigenvalue weighted by atomic mass is 10.0. The van der Waals surface area contributed by atoms with Gasteiger partial charge >= 0.3 is 17.9 Å². The lowest BCUT2D eigenvalue weighted by Gasteiger charge is -2.18. The zero-order chi connectivity index (χ0) is 51.4. The van der Waals surface area contributed by atoms with Gasteiger partial charge in [0.2, 0.25) is 0 Å². The largest absolute Gasteiger partial charge is 0.462 e. The molecule has 0 spiro atoms. The summed E-state index contributed by atoms with van der Waals surface area (Å²) in [5.74, 6) is -0.876. The number of rotatable bonds is 57. The monoisotopic (exact) mass is 995 g/mol. The Labute approximate surface area is 441 Å². The van der Waals surface area contributed by atoms with Gasteiger partial charge in [0.05, 0.1) is 0 Å². The van der Waals surface area contributed by atoms with Crippen molar-refractivity contribution in [1.82, 2.24) is 0 Å². The van der Waals surface area contributed by atoms with E-state index in [1.165, 1.54) is 212 Å². The van der Waals surface area contributed by atoms with Crippen LogP contribution in [0.3, 0.4) is 0 Å². The van der Waals surface area contributed by atoms with E-state index in [1.807, 2.05) is 0 Å². The Balaban J connectivity index is 4.37. The van der Waals surface area contributed by atoms with Crippen molar-refractivity contribution in [3.8, 4) is 0 Å². The maximum absolute atomic E-state index is 12.9. The minimum absolute atomic E-state index is 0.0769. The van der Waals surface area contributed by atoms with Gasteiger partial charge in [0.15, 0.2) is 6.10 Å². The van der Waals surface area contributed by atoms with Crippen LogP contribution >= 0.6 is 0 Å². The molecule has 0 N–H and O–H groups in total. The zero-order valence-corrected chi connectivity index (χ0v) is 47.5. The summed E-state index contributed by atoms with van der Waals surface area (Å²) in [4.78, 5) is 38.3. The molecule has 0 aliphatic heterocycles. The quantitative estimate of drug-likeness (QED) is 0.0261. The second-order valence-electron chi connectivity index (χ2n) is 21.0. The summed E-state index contributed by atoms with van der Waals surface area (Å²) in [5.41, 5.74) is 0. The van der Waals surface area contributed by atoms with Crippen LogP contribution in [0.25, 0.3) is 0 Å². The minimum Gasteiger partial charge on any atom is -0.462 e. The molecule has 0 radical (unpaired) electrons. The Kier molecular flexibility index (Phi) is 57.7. The second kappa shape index (κ2) is 59.9. The maximum atomic E-state index is 12.9. The summed E-state index contributed by atoms with van der Waals surface area (Å²) in [6.45, 7) is 6.64. The van der Waals surface area contributed by atoms with Crippen LogP contribution in [0.4, 0.5) is 0 Å². The van der Waals surface area contributed by atoms with Crippen LogP contribution in [-0.4, -0.2) is 37.2 Å². The smallest absolute Gasteiger partial charge is 0.306 e. The fraction of sp³-hybridized carbons (Fsp3) is 0.831. The fourth-order valence-electron chi connectivity index (χ4n) is 9.13. The molecule has 0 rings (SSSR count). The lowest BCUT2D eigenvalue weighted by molar-refractivity contribution is -0.167. The van der Waals surface area contributed by atoms with Gasteiger partial charge in [-0.1, -0.05) is 288 Å². The molecule has 1 unspecified atom stereocenters. The highest BCUT2D eigenvalue weighted by Crippen LogP contribution is 2.17. The fourth-order valence-corrected chi connectivity index (χ4v) is 9.13. The van der Waals surface area contributed by atoms with Crippen LogP contribution in [0, 0.1) is 0 Å². The van der Waals surface area contributed by atoms with E-state index in [1.54, 1.807) is 0 Å². The van der Waals surface area contributed by atoms with Gasteiger partial charge in [0, 0.05) is 19.3 Å². The van der Waals surface area contributed by atoms with E-state index in [9.17, 15) is 14.4 Å². The number of allylic oxidation sites excluding steroid dienone is 8. The average Bonchev–Trinajstić information content (AvgIpc) is 3.37. The molecule has 0 aliphatic rings. The van der Waals surface area contributed by atoms with Gasteiger partial charge in [-0.05, 0) is 70.6 Å². The highest BCUT2D eigenvalue weighted by molar-refractivity contribution is 5.71. The van der Waals surface area contributed by atoms with E-state index in [-0.39, 0.29) is 31.1 Å². The Morgan fingerprint density at radius 2 is 0.493 bits per heavy atom. The van der Waals surface area contributed by atoms with Gasteiger partial charge in [-0.15, -0.1) is 0 Å². The molecule has 0 saturated heterocycles. The number of carbonyl (C=O) groups excluding carboxylic acids is 3. The predicted molar refractivity (Wildman–Crippen MR) is 307 cm³/mol. The first-order valence-corrected chi connectivity index (χ1v) is 31.2. The standard InChI is InChI=1S/C65H118O6/c1-4-7-10-13-16-19-22-25-28-31-33-35-37-40-43-46-49-52-55-58-64(67)70-61-62(60-69-63(66)57-54-51-48-45-42-39-36-30-27-24-21-18-15-12-9-6-3)71-65(68)59-56-53-50-47-44-41-38-34-32-29-26-23-20-17-14-11-8-5-2/h16,19,22,25,29,32,34,38,62H,4-15,17-18,20-21,23-24,26-28,30-31,33,35-37,39-61H2,1-3H3/b19-16-,25-22-,32-29-,38-34-. The van der Waals surface area contributed by atoms with Crippen LogP contribution in [0.15, 0.2) is 48.6 Å². The first kappa shape index (κ1) is 68.4. The molecule has 0 heterocycles. The molecule has 6 nitrogen and oxygen atoms in total. The van der Waals surface area contributed by atoms with Gasteiger partial charge in [-0.3, -0.25) is 14.4 Å². The van der Waals surface area contributed by atoms with Gasteiger partial charge in [0.25, 0.3) is 0 Å². The molecule has 71 heavy (non-hydrogen) atoms. The Morgan fingerprint density at radius 3 is 0.775 bits per heavy atom. The number of hydrogen-bond donors (Lipinski definition) is 0.